The lowest BCUT2D eigenvalue weighted by molar-refractivity contribution is 0.350. The summed E-state index contributed by atoms with van der Waals surface area (Å²) in [5.74, 6) is 1.22. The number of nitrogens with two attached hydrogens (primary N) is 1. The van der Waals surface area contributed by atoms with E-state index in [1.54, 1.807) is 32.4 Å². The summed E-state index contributed by atoms with van der Waals surface area (Å²) in [5.41, 5.74) is 7.84. The average molecular weight is 312 g/mol. The van der Waals surface area contributed by atoms with Crippen molar-refractivity contribution < 1.29 is 9.47 Å². The highest BCUT2D eigenvalue weighted by atomic mass is 35.5. The van der Waals surface area contributed by atoms with E-state index in [-0.39, 0.29) is 0 Å². The van der Waals surface area contributed by atoms with Gasteiger partial charge >= 0.3 is 0 Å². The van der Waals surface area contributed by atoms with Gasteiger partial charge in [-0.25, -0.2) is 0 Å². The van der Waals surface area contributed by atoms with Gasteiger partial charge < -0.3 is 15.2 Å². The first kappa shape index (κ1) is 15.0. The predicted octanol–water partition coefficient (Wildman–Crippen LogP) is 4.06. The summed E-state index contributed by atoms with van der Waals surface area (Å²) in [5, 5.41) is 1.15. The van der Waals surface area contributed by atoms with Gasteiger partial charge in [0.05, 0.1) is 20.3 Å². The van der Waals surface area contributed by atoms with E-state index in [9.17, 15) is 0 Å². The number of hydrogen-bond donors (Lipinski definition) is 1. The Hall–Kier alpha value is -1.42. The summed E-state index contributed by atoms with van der Waals surface area (Å²) in [4.78, 5) is 0. The molecule has 3 nitrogen and oxygen atoms in total. The number of methoxy groups -OCH3 is 2. The first-order chi connectivity index (χ1) is 9.58. The standard InChI is InChI=1S/C15H15Cl2NO2/c1-19-13-5-3-4-10(15(13)20-2)14(18)11-8-9(16)6-7-12(11)17/h3-8,14H,18H2,1-2H3. The lowest BCUT2D eigenvalue weighted by Gasteiger charge is -2.19. The number of halogens is 2. The van der Waals surface area contributed by atoms with Gasteiger partial charge in [0.15, 0.2) is 11.5 Å². The zero-order valence-electron chi connectivity index (χ0n) is 11.2. The third kappa shape index (κ3) is 2.85. The molecule has 5 heteroatoms. The number of hydrogen-bond acceptors (Lipinski definition) is 3. The Kier molecular flexibility index (Phi) is 4.76. The van der Waals surface area contributed by atoms with Crippen molar-refractivity contribution >= 4 is 23.2 Å². The van der Waals surface area contributed by atoms with Gasteiger partial charge in [0.1, 0.15) is 0 Å². The maximum Gasteiger partial charge on any atom is 0.165 e. The Morgan fingerprint density at radius 3 is 2.40 bits per heavy atom. The van der Waals surface area contributed by atoms with Crippen molar-refractivity contribution in [1.82, 2.24) is 0 Å². The molecule has 2 rings (SSSR count). The topological polar surface area (TPSA) is 44.5 Å². The molecule has 1 unspecified atom stereocenters. The van der Waals surface area contributed by atoms with Crippen LogP contribution < -0.4 is 15.2 Å². The normalized spacial score (nSPS) is 12.1. The molecule has 2 aromatic carbocycles. The van der Waals surface area contributed by atoms with Gasteiger partial charge in [-0.05, 0) is 29.8 Å². The Balaban J connectivity index is 2.53. The molecule has 2 aromatic rings. The van der Waals surface area contributed by atoms with E-state index in [1.807, 2.05) is 18.2 Å². The second kappa shape index (κ2) is 6.35. The minimum Gasteiger partial charge on any atom is -0.493 e. The molecule has 0 fully saturated rings. The summed E-state index contributed by atoms with van der Waals surface area (Å²) >= 11 is 12.2. The average Bonchev–Trinajstić information content (AvgIpc) is 2.48. The minimum absolute atomic E-state index is 0.453. The minimum atomic E-state index is -0.453. The molecule has 0 aliphatic rings. The lowest BCUT2D eigenvalue weighted by atomic mass is 9.98. The summed E-state index contributed by atoms with van der Waals surface area (Å²) in [6.07, 6.45) is 0. The number of ether oxygens (including phenoxy) is 2. The van der Waals surface area contributed by atoms with Gasteiger partial charge in [0.25, 0.3) is 0 Å². The van der Waals surface area contributed by atoms with Gasteiger partial charge in [-0.3, -0.25) is 0 Å². The third-order valence-electron chi connectivity index (χ3n) is 3.06. The van der Waals surface area contributed by atoms with Crippen LogP contribution in [-0.2, 0) is 0 Å². The molecule has 106 valence electrons. The highest BCUT2D eigenvalue weighted by Gasteiger charge is 2.19. The molecular formula is C15H15Cl2NO2. The zero-order chi connectivity index (χ0) is 14.7. The summed E-state index contributed by atoms with van der Waals surface area (Å²) in [6, 6.07) is 10.3. The molecule has 0 saturated carbocycles. The van der Waals surface area contributed by atoms with Gasteiger partial charge in [-0.15, -0.1) is 0 Å². The summed E-state index contributed by atoms with van der Waals surface area (Å²) in [7, 11) is 3.16. The lowest BCUT2D eigenvalue weighted by Crippen LogP contribution is -2.14. The number of para-hydroxylation sites is 1. The molecule has 0 bridgehead atoms. The van der Waals surface area contributed by atoms with Crippen molar-refractivity contribution in [1.29, 1.82) is 0 Å². The third-order valence-corrected chi connectivity index (χ3v) is 3.64. The van der Waals surface area contributed by atoms with Crippen molar-refractivity contribution in [3.05, 3.63) is 57.6 Å². The van der Waals surface area contributed by atoms with Crippen LogP contribution in [0, 0.1) is 0 Å². The first-order valence-corrected chi connectivity index (χ1v) is 6.75. The Bertz CT molecular complexity index is 617. The van der Waals surface area contributed by atoms with Crippen LogP contribution in [0.5, 0.6) is 11.5 Å². The molecule has 0 aliphatic carbocycles. The van der Waals surface area contributed by atoms with E-state index in [0.29, 0.717) is 21.5 Å². The van der Waals surface area contributed by atoms with Crippen molar-refractivity contribution in [3.63, 3.8) is 0 Å². The zero-order valence-corrected chi connectivity index (χ0v) is 12.7. The molecule has 2 N–H and O–H groups in total. The van der Waals surface area contributed by atoms with Crippen LogP contribution in [0.2, 0.25) is 10.0 Å². The van der Waals surface area contributed by atoms with Crippen LogP contribution in [0.1, 0.15) is 17.2 Å². The maximum atomic E-state index is 6.31. The fourth-order valence-corrected chi connectivity index (χ4v) is 2.49. The van der Waals surface area contributed by atoms with E-state index in [1.165, 1.54) is 0 Å². The fourth-order valence-electron chi connectivity index (χ4n) is 2.08. The van der Waals surface area contributed by atoms with E-state index in [0.717, 1.165) is 11.1 Å². The molecule has 20 heavy (non-hydrogen) atoms. The van der Waals surface area contributed by atoms with Crippen LogP contribution in [0.4, 0.5) is 0 Å². The molecule has 0 amide bonds. The largest absolute Gasteiger partial charge is 0.493 e. The van der Waals surface area contributed by atoms with Crippen LogP contribution >= 0.6 is 23.2 Å². The van der Waals surface area contributed by atoms with E-state index in [2.05, 4.69) is 0 Å². The Labute approximate surface area is 128 Å². The van der Waals surface area contributed by atoms with Crippen molar-refractivity contribution in [3.8, 4) is 11.5 Å². The second-order valence-electron chi connectivity index (χ2n) is 4.23. The molecular weight excluding hydrogens is 297 g/mol. The quantitative estimate of drug-likeness (QED) is 0.926. The Morgan fingerprint density at radius 1 is 1.00 bits per heavy atom. The first-order valence-electron chi connectivity index (χ1n) is 6.00. The van der Waals surface area contributed by atoms with E-state index >= 15 is 0 Å². The fraction of sp³-hybridized carbons (Fsp3) is 0.200. The Morgan fingerprint density at radius 2 is 1.75 bits per heavy atom. The summed E-state index contributed by atoms with van der Waals surface area (Å²) in [6.45, 7) is 0. The van der Waals surface area contributed by atoms with Crippen LogP contribution in [0.25, 0.3) is 0 Å². The molecule has 1 atom stereocenters. The SMILES string of the molecule is COc1cccc(C(N)c2cc(Cl)ccc2Cl)c1OC. The highest BCUT2D eigenvalue weighted by Crippen LogP contribution is 2.38. The summed E-state index contributed by atoms with van der Waals surface area (Å²) < 4.78 is 10.7. The van der Waals surface area contributed by atoms with Crippen LogP contribution in [0.15, 0.2) is 36.4 Å². The highest BCUT2D eigenvalue weighted by molar-refractivity contribution is 6.33. The smallest absolute Gasteiger partial charge is 0.165 e. The molecule has 0 aromatic heterocycles. The van der Waals surface area contributed by atoms with Crippen LogP contribution in [0.3, 0.4) is 0 Å². The van der Waals surface area contributed by atoms with Crippen molar-refractivity contribution in [2.45, 2.75) is 6.04 Å². The molecule has 0 saturated heterocycles. The molecule has 0 aliphatic heterocycles. The van der Waals surface area contributed by atoms with E-state index < -0.39 is 6.04 Å². The van der Waals surface area contributed by atoms with Crippen LogP contribution in [-0.4, -0.2) is 14.2 Å². The monoisotopic (exact) mass is 311 g/mol. The number of rotatable bonds is 4. The van der Waals surface area contributed by atoms with Gasteiger partial charge in [-0.1, -0.05) is 35.3 Å². The molecule has 0 spiro atoms. The maximum absolute atomic E-state index is 6.31. The van der Waals surface area contributed by atoms with E-state index in [4.69, 9.17) is 38.4 Å². The van der Waals surface area contributed by atoms with Gasteiger partial charge in [-0.2, -0.15) is 0 Å². The molecule has 0 heterocycles. The van der Waals surface area contributed by atoms with Gasteiger partial charge in [0, 0.05) is 15.6 Å². The molecule has 0 radical (unpaired) electrons. The predicted molar refractivity (Wildman–Crippen MR) is 82.0 cm³/mol. The van der Waals surface area contributed by atoms with Gasteiger partial charge in [0.2, 0.25) is 0 Å². The second-order valence-corrected chi connectivity index (χ2v) is 5.07. The van der Waals surface area contributed by atoms with Crippen molar-refractivity contribution in [2.24, 2.45) is 5.73 Å². The van der Waals surface area contributed by atoms with Crippen molar-refractivity contribution in [2.75, 3.05) is 14.2 Å². The number of benzene rings is 2.